The van der Waals surface area contributed by atoms with Gasteiger partial charge in [0.1, 0.15) is 11.6 Å². The van der Waals surface area contributed by atoms with E-state index < -0.39 is 0 Å². The quantitative estimate of drug-likeness (QED) is 0.501. The van der Waals surface area contributed by atoms with Gasteiger partial charge in [-0.05, 0) is 37.0 Å². The molecule has 0 amide bonds. The highest BCUT2D eigenvalue weighted by molar-refractivity contribution is 8.00. The fourth-order valence-corrected chi connectivity index (χ4v) is 2.98. The lowest BCUT2D eigenvalue weighted by Gasteiger charge is -2.05. The number of aryl methyl sites for hydroxylation is 1. The number of nitrogen functional groups attached to an aromatic ring is 1. The van der Waals surface area contributed by atoms with E-state index >= 15 is 0 Å². The largest absolute Gasteiger partial charge is 0.493 e. The van der Waals surface area contributed by atoms with Gasteiger partial charge in [0, 0.05) is 17.5 Å². The van der Waals surface area contributed by atoms with Crippen molar-refractivity contribution in [3.63, 3.8) is 0 Å². The second-order valence-electron chi connectivity index (χ2n) is 3.73. The highest BCUT2D eigenvalue weighted by Gasteiger charge is 2.00. The van der Waals surface area contributed by atoms with Crippen molar-refractivity contribution >= 4 is 29.0 Å². The molecular formula is C12H15N3OS2. The monoisotopic (exact) mass is 281 g/mol. The van der Waals surface area contributed by atoms with Crippen LogP contribution >= 0.6 is 23.3 Å². The number of anilines is 1. The van der Waals surface area contributed by atoms with Crippen molar-refractivity contribution in [2.24, 2.45) is 0 Å². The van der Waals surface area contributed by atoms with Gasteiger partial charge in [-0.2, -0.15) is 4.37 Å². The number of hydrogen-bond acceptors (Lipinski definition) is 6. The van der Waals surface area contributed by atoms with Crippen LogP contribution in [-0.4, -0.2) is 21.7 Å². The summed E-state index contributed by atoms with van der Waals surface area (Å²) in [5, 5.41) is 0. The molecule has 1 aromatic heterocycles. The zero-order valence-corrected chi connectivity index (χ0v) is 11.8. The van der Waals surface area contributed by atoms with E-state index in [-0.39, 0.29) is 0 Å². The van der Waals surface area contributed by atoms with Gasteiger partial charge in [-0.1, -0.05) is 17.8 Å². The molecule has 0 bridgehead atoms. The molecule has 0 aliphatic carbocycles. The Balaban J connectivity index is 1.64. The second kappa shape index (κ2) is 6.61. The standard InChI is InChI=1S/C12H15N3OS2/c1-9-14-12(18-15-9)17-7-3-6-16-11-5-2-4-10(13)8-11/h2,4-5,8H,3,6-7,13H2,1H3. The van der Waals surface area contributed by atoms with Crippen LogP contribution in [0.4, 0.5) is 5.69 Å². The van der Waals surface area contributed by atoms with E-state index in [0.717, 1.165) is 33.8 Å². The average Bonchev–Trinajstić information content (AvgIpc) is 2.75. The molecular weight excluding hydrogens is 266 g/mol. The van der Waals surface area contributed by atoms with Crippen LogP contribution in [-0.2, 0) is 0 Å². The van der Waals surface area contributed by atoms with Crippen molar-refractivity contribution < 1.29 is 4.74 Å². The van der Waals surface area contributed by atoms with Crippen molar-refractivity contribution in [1.82, 2.24) is 9.36 Å². The van der Waals surface area contributed by atoms with E-state index in [9.17, 15) is 0 Å². The molecule has 18 heavy (non-hydrogen) atoms. The normalized spacial score (nSPS) is 10.5. The molecule has 0 spiro atoms. The van der Waals surface area contributed by atoms with E-state index in [4.69, 9.17) is 10.5 Å². The van der Waals surface area contributed by atoms with Crippen LogP contribution in [0, 0.1) is 6.92 Å². The van der Waals surface area contributed by atoms with Crippen LogP contribution in [0.5, 0.6) is 5.75 Å². The summed E-state index contributed by atoms with van der Waals surface area (Å²) in [7, 11) is 0. The van der Waals surface area contributed by atoms with Gasteiger partial charge in [0.2, 0.25) is 0 Å². The van der Waals surface area contributed by atoms with Crippen LogP contribution in [0.3, 0.4) is 0 Å². The Morgan fingerprint density at radius 1 is 1.44 bits per heavy atom. The summed E-state index contributed by atoms with van der Waals surface area (Å²) in [6.07, 6.45) is 0.970. The summed E-state index contributed by atoms with van der Waals surface area (Å²) >= 11 is 3.17. The Bertz CT molecular complexity index is 502. The maximum Gasteiger partial charge on any atom is 0.170 e. The summed E-state index contributed by atoms with van der Waals surface area (Å²) in [6, 6.07) is 7.49. The van der Waals surface area contributed by atoms with Gasteiger partial charge in [-0.15, -0.1) is 0 Å². The minimum absolute atomic E-state index is 0.689. The maximum absolute atomic E-state index is 5.67. The zero-order chi connectivity index (χ0) is 12.8. The Labute approximate surface area is 115 Å². The highest BCUT2D eigenvalue weighted by atomic mass is 32.2. The summed E-state index contributed by atoms with van der Waals surface area (Å²) in [6.45, 7) is 2.59. The molecule has 0 aliphatic heterocycles. The van der Waals surface area contributed by atoms with Crippen LogP contribution in [0.15, 0.2) is 28.6 Å². The molecule has 6 heteroatoms. The first kappa shape index (κ1) is 13.2. The Morgan fingerprint density at radius 3 is 3.06 bits per heavy atom. The molecule has 2 N–H and O–H groups in total. The van der Waals surface area contributed by atoms with E-state index in [1.54, 1.807) is 11.8 Å². The van der Waals surface area contributed by atoms with Crippen molar-refractivity contribution in [3.05, 3.63) is 30.1 Å². The van der Waals surface area contributed by atoms with Gasteiger partial charge >= 0.3 is 0 Å². The number of aromatic nitrogens is 2. The third-order valence-electron chi connectivity index (χ3n) is 2.15. The first-order chi connectivity index (χ1) is 8.74. The third kappa shape index (κ3) is 4.19. The molecule has 0 saturated heterocycles. The first-order valence-electron chi connectivity index (χ1n) is 5.65. The van der Waals surface area contributed by atoms with Crippen molar-refractivity contribution in [1.29, 1.82) is 0 Å². The second-order valence-corrected chi connectivity index (χ2v) is 5.82. The number of nitrogens with zero attached hydrogens (tertiary/aromatic N) is 2. The van der Waals surface area contributed by atoms with E-state index in [1.165, 1.54) is 11.5 Å². The number of nitrogens with two attached hydrogens (primary N) is 1. The third-order valence-corrected chi connectivity index (χ3v) is 4.16. The number of ether oxygens (including phenoxy) is 1. The van der Waals surface area contributed by atoms with Gasteiger partial charge in [0.05, 0.1) is 6.61 Å². The zero-order valence-electron chi connectivity index (χ0n) is 10.1. The average molecular weight is 281 g/mol. The highest BCUT2D eigenvalue weighted by Crippen LogP contribution is 2.21. The number of benzene rings is 1. The lowest BCUT2D eigenvalue weighted by Crippen LogP contribution is -1.99. The maximum atomic E-state index is 5.67. The van der Waals surface area contributed by atoms with Crippen LogP contribution in [0.25, 0.3) is 0 Å². The van der Waals surface area contributed by atoms with E-state index in [2.05, 4.69) is 9.36 Å². The molecule has 2 rings (SSSR count). The lowest BCUT2D eigenvalue weighted by molar-refractivity contribution is 0.319. The van der Waals surface area contributed by atoms with E-state index in [1.807, 2.05) is 31.2 Å². The van der Waals surface area contributed by atoms with Crippen molar-refractivity contribution in [3.8, 4) is 5.75 Å². The molecule has 0 unspecified atom stereocenters. The fraction of sp³-hybridized carbons (Fsp3) is 0.333. The number of rotatable bonds is 6. The minimum Gasteiger partial charge on any atom is -0.493 e. The summed E-state index contributed by atoms with van der Waals surface area (Å²) in [4.78, 5) is 4.29. The molecule has 0 aliphatic rings. The molecule has 1 aromatic carbocycles. The Hall–Kier alpha value is -1.27. The van der Waals surface area contributed by atoms with E-state index in [0.29, 0.717) is 6.61 Å². The Kier molecular flexibility index (Phi) is 4.83. The topological polar surface area (TPSA) is 61.0 Å². The van der Waals surface area contributed by atoms with Gasteiger partial charge in [0.15, 0.2) is 4.34 Å². The van der Waals surface area contributed by atoms with Gasteiger partial charge in [0.25, 0.3) is 0 Å². The smallest absolute Gasteiger partial charge is 0.170 e. The molecule has 0 saturated carbocycles. The van der Waals surface area contributed by atoms with Gasteiger partial charge < -0.3 is 10.5 Å². The van der Waals surface area contributed by atoms with Crippen molar-refractivity contribution in [2.45, 2.75) is 17.7 Å². The summed E-state index contributed by atoms with van der Waals surface area (Å²) in [5.74, 6) is 2.65. The predicted molar refractivity (Wildman–Crippen MR) is 76.3 cm³/mol. The van der Waals surface area contributed by atoms with Gasteiger partial charge in [-0.25, -0.2) is 4.98 Å². The Morgan fingerprint density at radius 2 is 2.33 bits per heavy atom. The molecule has 2 aromatic rings. The molecule has 0 atom stereocenters. The molecule has 1 heterocycles. The number of hydrogen-bond donors (Lipinski definition) is 1. The fourth-order valence-electron chi connectivity index (χ4n) is 1.35. The lowest BCUT2D eigenvalue weighted by atomic mass is 10.3. The van der Waals surface area contributed by atoms with Crippen LogP contribution in [0.1, 0.15) is 12.2 Å². The predicted octanol–water partition coefficient (Wildman–Crippen LogP) is 2.99. The first-order valence-corrected chi connectivity index (χ1v) is 7.41. The van der Waals surface area contributed by atoms with Crippen molar-refractivity contribution in [2.75, 3.05) is 18.1 Å². The van der Waals surface area contributed by atoms with Gasteiger partial charge in [-0.3, -0.25) is 0 Å². The van der Waals surface area contributed by atoms with Crippen LogP contribution < -0.4 is 10.5 Å². The van der Waals surface area contributed by atoms with Crippen LogP contribution in [0.2, 0.25) is 0 Å². The summed E-state index contributed by atoms with van der Waals surface area (Å²) < 4.78 is 10.8. The molecule has 0 radical (unpaired) electrons. The number of thioether (sulfide) groups is 1. The molecule has 96 valence electrons. The molecule has 0 fully saturated rings. The summed E-state index contributed by atoms with van der Waals surface area (Å²) in [5.41, 5.74) is 6.40. The minimum atomic E-state index is 0.689. The molecule has 4 nitrogen and oxygen atoms in total. The SMILES string of the molecule is Cc1nsc(SCCCOc2cccc(N)c2)n1.